The van der Waals surface area contributed by atoms with E-state index in [1.165, 1.54) is 36.9 Å². The van der Waals surface area contributed by atoms with Crippen LogP contribution in [0.5, 0.6) is 5.75 Å². The molecule has 3 aliphatic heterocycles. The topological polar surface area (TPSA) is 358 Å². The Morgan fingerprint density at radius 1 is 0.938 bits per heavy atom. The molecule has 4 amide bonds. The molecule has 80 heavy (non-hydrogen) atoms. The third kappa shape index (κ3) is 12.8. The molecular weight excluding hydrogens is 1040 g/mol. The normalized spacial score (nSPS) is 21.3. The number of aliphatic carboxylic acids is 1. The molecule has 1 fully saturated rings. The smallest absolute Gasteiger partial charge is 0.410 e. The largest absolute Gasteiger partial charge is 0.479 e. The van der Waals surface area contributed by atoms with E-state index in [1.54, 1.807) is 45.3 Å². The van der Waals surface area contributed by atoms with Crippen molar-refractivity contribution in [2.24, 2.45) is 17.6 Å². The van der Waals surface area contributed by atoms with Crippen LogP contribution in [-0.4, -0.2) is 143 Å². The monoisotopic (exact) mass is 1110 g/mol. The number of rotatable bonds is 23. The molecule has 0 radical (unpaired) electrons. The minimum Gasteiger partial charge on any atom is -0.479 e. The third-order valence-electron chi connectivity index (χ3n) is 14.8. The van der Waals surface area contributed by atoms with Crippen LogP contribution in [0.2, 0.25) is 0 Å². The summed E-state index contributed by atoms with van der Waals surface area (Å²) in [6, 6.07) is 10.8. The maximum Gasteiger partial charge on any atom is 0.410 e. The SMILES string of the molecule is CC[C@@]1(O)C(=O)OCc2c1cc1n(c2=O)Cc2c-1nc1ccccc1c2CCN(C(=O)OCc1ccc(NC(=O)[C@H](C)CC(=O)[C@@H](NC(=O)[C@H](CCCCN)NC(C)=O)C(C)C)c(O[C@@H]2O[C@H](C(=O)O)[C@@H](O)[C@H](O)[C@H]2O)c1)C(C)C. The van der Waals surface area contributed by atoms with Gasteiger partial charge in [0.05, 0.1) is 40.7 Å². The van der Waals surface area contributed by atoms with E-state index in [1.807, 2.05) is 24.3 Å². The number of carbonyl (C=O) groups excluding carboxylic acids is 6. The van der Waals surface area contributed by atoms with Crippen LogP contribution in [0.15, 0.2) is 53.3 Å². The van der Waals surface area contributed by atoms with Gasteiger partial charge < -0.3 is 75.6 Å². The maximum atomic E-state index is 14.1. The number of ketones is 1. The highest BCUT2D eigenvalue weighted by atomic mass is 16.7. The highest BCUT2D eigenvalue weighted by Crippen LogP contribution is 2.41. The zero-order valence-corrected chi connectivity index (χ0v) is 45.7. The lowest BCUT2D eigenvalue weighted by atomic mass is 9.86. The Bertz CT molecular complexity index is 3090. The van der Waals surface area contributed by atoms with E-state index >= 15 is 0 Å². The van der Waals surface area contributed by atoms with E-state index in [9.17, 15) is 63.9 Å². The number of nitrogens with two attached hydrogens (primary N) is 1. The molecule has 0 unspecified atom stereocenters. The lowest BCUT2D eigenvalue weighted by Gasteiger charge is -2.38. The van der Waals surface area contributed by atoms with Gasteiger partial charge in [0.2, 0.25) is 24.0 Å². The molecule has 24 heteroatoms. The summed E-state index contributed by atoms with van der Waals surface area (Å²) in [6.07, 6.45) is -9.43. The minimum atomic E-state index is -2.04. The zero-order valence-electron chi connectivity index (χ0n) is 45.7. The molecule has 1 saturated heterocycles. The average molecular weight is 1110 g/mol. The van der Waals surface area contributed by atoms with Gasteiger partial charge >= 0.3 is 18.0 Å². The van der Waals surface area contributed by atoms with Gasteiger partial charge in [0.1, 0.15) is 43.3 Å². The summed E-state index contributed by atoms with van der Waals surface area (Å²) in [5.74, 6) is -6.40. The third-order valence-corrected chi connectivity index (χ3v) is 14.8. The summed E-state index contributed by atoms with van der Waals surface area (Å²) in [4.78, 5) is 112. The van der Waals surface area contributed by atoms with Crippen LogP contribution in [0.25, 0.3) is 22.3 Å². The predicted molar refractivity (Wildman–Crippen MR) is 286 cm³/mol. The Balaban J connectivity index is 1.10. The van der Waals surface area contributed by atoms with E-state index in [0.717, 1.165) is 16.5 Å². The molecule has 0 aliphatic carbocycles. The van der Waals surface area contributed by atoms with Crippen molar-refractivity contribution in [1.82, 2.24) is 25.1 Å². The fourth-order valence-electron chi connectivity index (χ4n) is 10.2. The number of benzene rings is 2. The molecule has 5 heterocycles. The standard InChI is InChI=1S/C56H71N7O17/c1-8-56(76)36-23-40-44-34(24-63(40)51(71)35(36)26-77-54(56)74)32(33-13-9-10-14-37(33)59-44)18-20-62(28(4)5)55(75)78-25-31-16-17-38(42(22-31)79-53-47(68)45(66)46(67)48(80-53)52(72)73)60-49(69)29(6)21-41(65)43(27(2)3)61-50(70)39(58-30(7)64)15-11-12-19-57/h9-10,13-14,16-17,22-23,27-29,39,43,45-48,53,66-68,76H,8,11-12,15,18-21,24-26,57H2,1-7H3,(H,58,64)(H,60,69)(H,61,70)(H,72,73)/t29-,39+,43+,45+,46+,47-,48+,53-,56+/m1/s1. The van der Waals surface area contributed by atoms with Gasteiger partial charge in [-0.2, -0.15) is 0 Å². The second-order valence-corrected chi connectivity index (χ2v) is 21.1. The van der Waals surface area contributed by atoms with Crippen LogP contribution >= 0.6 is 0 Å². The van der Waals surface area contributed by atoms with Crippen molar-refractivity contribution in [3.63, 3.8) is 0 Å². The van der Waals surface area contributed by atoms with Crippen molar-refractivity contribution in [2.45, 2.75) is 161 Å². The molecule has 3 aliphatic rings. The second-order valence-electron chi connectivity index (χ2n) is 21.1. The van der Waals surface area contributed by atoms with Crippen LogP contribution in [0.1, 0.15) is 108 Å². The molecular formula is C56H71N7O17. The number of fused-ring (bicyclic) bond motifs is 5. The Morgan fingerprint density at radius 3 is 2.33 bits per heavy atom. The molecule has 24 nitrogen and oxygen atoms in total. The first-order valence-corrected chi connectivity index (χ1v) is 26.7. The van der Waals surface area contributed by atoms with Gasteiger partial charge in [-0.1, -0.05) is 52.0 Å². The van der Waals surface area contributed by atoms with Crippen molar-refractivity contribution < 1.29 is 78.0 Å². The van der Waals surface area contributed by atoms with Gasteiger partial charge in [-0.05, 0) is 93.8 Å². The number of aliphatic hydroxyl groups is 4. The number of amides is 4. The Labute approximate surface area is 460 Å². The first-order valence-electron chi connectivity index (χ1n) is 26.7. The van der Waals surface area contributed by atoms with Crippen LogP contribution in [0.3, 0.4) is 0 Å². The number of carboxylic acids is 1. The van der Waals surface area contributed by atoms with Crippen molar-refractivity contribution in [2.75, 3.05) is 18.4 Å². The lowest BCUT2D eigenvalue weighted by Crippen LogP contribution is -2.61. The van der Waals surface area contributed by atoms with E-state index in [-0.39, 0.29) is 73.5 Å². The predicted octanol–water partition coefficient (Wildman–Crippen LogP) is 2.25. The minimum absolute atomic E-state index is 0.0214. The van der Waals surface area contributed by atoms with Gasteiger partial charge in [-0.15, -0.1) is 0 Å². The Hall–Kier alpha value is -7.35. The van der Waals surface area contributed by atoms with Gasteiger partial charge in [-0.3, -0.25) is 24.0 Å². The number of pyridine rings is 2. The number of esters is 1. The number of nitrogens with one attached hydrogen (secondary N) is 3. The van der Waals surface area contributed by atoms with Crippen LogP contribution in [0, 0.1) is 11.8 Å². The molecule has 9 atom stereocenters. The maximum absolute atomic E-state index is 14.1. The van der Waals surface area contributed by atoms with Crippen molar-refractivity contribution in [3.8, 4) is 17.1 Å². The number of ether oxygens (including phenoxy) is 4. The number of anilines is 1. The Kier molecular flexibility index (Phi) is 19.1. The molecule has 4 aromatic rings. The van der Waals surface area contributed by atoms with E-state index in [0.29, 0.717) is 36.3 Å². The van der Waals surface area contributed by atoms with Crippen LogP contribution in [0.4, 0.5) is 10.5 Å². The van der Waals surface area contributed by atoms with Crippen LogP contribution in [-0.2, 0) is 74.8 Å². The number of carboxylic acid groups (broad SMARTS) is 1. The zero-order chi connectivity index (χ0) is 58.5. The number of aliphatic hydroxyl groups excluding tert-OH is 3. The number of carbonyl (C=O) groups is 7. The van der Waals surface area contributed by atoms with Gasteiger partial charge in [0.15, 0.2) is 17.5 Å². The van der Waals surface area contributed by atoms with Crippen LogP contribution < -0.4 is 32.0 Å². The molecule has 0 bridgehead atoms. The number of nitrogens with zero attached hydrogens (tertiary/aromatic N) is 3. The lowest BCUT2D eigenvalue weighted by molar-refractivity contribution is -0.271. The van der Waals surface area contributed by atoms with Crippen molar-refractivity contribution in [3.05, 3.63) is 86.7 Å². The van der Waals surface area contributed by atoms with Gasteiger partial charge in [-0.25, -0.2) is 19.4 Å². The molecule has 0 saturated carbocycles. The summed E-state index contributed by atoms with van der Waals surface area (Å²) in [5.41, 5.74) is 6.79. The summed E-state index contributed by atoms with van der Waals surface area (Å²) in [6.45, 7) is 11.4. The highest BCUT2D eigenvalue weighted by molar-refractivity contribution is 5.99. The number of Topliss-reactive ketones (excluding diaryl/α,β-unsaturated/α-hetero) is 1. The number of unbranched alkanes of at least 4 members (excludes halogenated alkanes) is 1. The first kappa shape index (κ1) is 60.3. The van der Waals surface area contributed by atoms with Gasteiger partial charge in [0, 0.05) is 48.4 Å². The molecule has 2 aromatic carbocycles. The van der Waals surface area contributed by atoms with Gasteiger partial charge in [0.25, 0.3) is 5.56 Å². The summed E-state index contributed by atoms with van der Waals surface area (Å²) in [5, 5.41) is 61.8. The van der Waals surface area contributed by atoms with E-state index in [2.05, 4.69) is 16.0 Å². The number of hydrogen-bond donors (Lipinski definition) is 9. The molecule has 10 N–H and O–H groups in total. The average Bonchev–Trinajstić information content (AvgIpc) is 3.93. The fourth-order valence-corrected chi connectivity index (χ4v) is 10.2. The van der Waals surface area contributed by atoms with Crippen molar-refractivity contribution in [1.29, 1.82) is 0 Å². The molecule has 432 valence electrons. The molecule has 2 aromatic heterocycles. The molecule has 0 spiro atoms. The van der Waals surface area contributed by atoms with Crippen molar-refractivity contribution >= 4 is 58.1 Å². The Morgan fingerprint density at radius 2 is 1.66 bits per heavy atom. The first-order chi connectivity index (χ1) is 37.9. The second kappa shape index (κ2) is 25.4. The van der Waals surface area contributed by atoms with E-state index < -0.39 is 120 Å². The highest BCUT2D eigenvalue weighted by Gasteiger charge is 2.49. The fraction of sp³-hybridized carbons (Fsp3) is 0.518. The molecule has 7 rings (SSSR count). The summed E-state index contributed by atoms with van der Waals surface area (Å²) in [7, 11) is 0. The number of para-hydroxylation sites is 1. The quantitative estimate of drug-likeness (QED) is 0.0334. The number of cyclic esters (lactones) is 1. The summed E-state index contributed by atoms with van der Waals surface area (Å²) < 4.78 is 24.0. The number of aromatic nitrogens is 2. The summed E-state index contributed by atoms with van der Waals surface area (Å²) >= 11 is 0. The van der Waals surface area contributed by atoms with E-state index in [4.69, 9.17) is 29.7 Å². The number of hydrogen-bond acceptors (Lipinski definition) is 18.